The van der Waals surface area contributed by atoms with Crippen molar-refractivity contribution in [2.45, 2.75) is 51.0 Å². The van der Waals surface area contributed by atoms with Crippen molar-refractivity contribution in [1.82, 2.24) is 13.9 Å². The van der Waals surface area contributed by atoms with E-state index in [1.807, 2.05) is 0 Å². The Hall–Kier alpha value is -0.170. The molecule has 0 aliphatic carbocycles. The maximum Gasteiger partial charge on any atom is 0.281 e. The highest BCUT2D eigenvalue weighted by atomic mass is 32.2. The Morgan fingerprint density at radius 3 is 2.30 bits per heavy atom. The van der Waals surface area contributed by atoms with Crippen LogP contribution in [0.25, 0.3) is 0 Å². The van der Waals surface area contributed by atoms with Crippen LogP contribution in [0.15, 0.2) is 0 Å². The number of nitrogens with one attached hydrogen (secondary N) is 1. The molecule has 3 rings (SSSR count). The lowest BCUT2D eigenvalue weighted by Gasteiger charge is -2.38. The molecule has 6 heteroatoms. The summed E-state index contributed by atoms with van der Waals surface area (Å²) in [6.45, 7) is 3.95. The first-order valence-corrected chi connectivity index (χ1v) is 9.56. The van der Waals surface area contributed by atoms with E-state index in [1.165, 1.54) is 25.7 Å². The van der Waals surface area contributed by atoms with Gasteiger partial charge in [0.1, 0.15) is 0 Å². The second-order valence-corrected chi connectivity index (χ2v) is 8.36. The summed E-state index contributed by atoms with van der Waals surface area (Å²) >= 11 is 0. The van der Waals surface area contributed by atoms with Gasteiger partial charge in [-0.25, -0.2) is 0 Å². The van der Waals surface area contributed by atoms with Gasteiger partial charge in [-0.15, -0.1) is 0 Å². The van der Waals surface area contributed by atoms with E-state index in [0.717, 1.165) is 32.4 Å². The number of nitrogens with zero attached hydrogens (tertiary/aromatic N) is 2. The van der Waals surface area contributed by atoms with Crippen molar-refractivity contribution in [3.8, 4) is 0 Å². The zero-order chi connectivity index (χ0) is 14.0. The molecule has 0 bridgehead atoms. The SMILES string of the molecule is O=S(=O)(N1CCCCC1)N1CCCC(C2CCCN2)C1. The molecule has 116 valence electrons. The molecule has 3 aliphatic rings. The molecule has 0 radical (unpaired) electrons. The summed E-state index contributed by atoms with van der Waals surface area (Å²) in [6, 6.07) is 0.536. The van der Waals surface area contributed by atoms with Crippen LogP contribution in [-0.2, 0) is 10.2 Å². The minimum Gasteiger partial charge on any atom is -0.314 e. The Bertz CT molecular complexity index is 414. The van der Waals surface area contributed by atoms with Gasteiger partial charge in [0.15, 0.2) is 0 Å². The van der Waals surface area contributed by atoms with Crippen molar-refractivity contribution in [3.05, 3.63) is 0 Å². The summed E-state index contributed by atoms with van der Waals surface area (Å²) in [6.07, 6.45) is 7.82. The van der Waals surface area contributed by atoms with Crippen LogP contribution >= 0.6 is 0 Å². The smallest absolute Gasteiger partial charge is 0.281 e. The molecule has 0 aromatic carbocycles. The molecule has 0 amide bonds. The highest BCUT2D eigenvalue weighted by Crippen LogP contribution is 2.28. The van der Waals surface area contributed by atoms with Crippen molar-refractivity contribution in [2.75, 3.05) is 32.7 Å². The van der Waals surface area contributed by atoms with Crippen LogP contribution in [0, 0.1) is 5.92 Å². The maximum absolute atomic E-state index is 12.7. The average Bonchev–Trinajstić information content (AvgIpc) is 3.03. The summed E-state index contributed by atoms with van der Waals surface area (Å²) < 4.78 is 28.9. The third-order valence-electron chi connectivity index (χ3n) is 5.06. The van der Waals surface area contributed by atoms with E-state index in [0.29, 0.717) is 31.6 Å². The average molecular weight is 301 g/mol. The van der Waals surface area contributed by atoms with E-state index in [-0.39, 0.29) is 0 Å². The van der Waals surface area contributed by atoms with Gasteiger partial charge in [0.2, 0.25) is 0 Å². The first-order valence-electron chi connectivity index (χ1n) is 8.16. The zero-order valence-corrected chi connectivity index (χ0v) is 13.1. The fourth-order valence-electron chi connectivity index (χ4n) is 3.88. The molecular formula is C14H27N3O2S. The van der Waals surface area contributed by atoms with Crippen molar-refractivity contribution < 1.29 is 8.42 Å². The Labute approximate surface area is 122 Å². The van der Waals surface area contributed by atoms with Gasteiger partial charge in [-0.2, -0.15) is 17.0 Å². The molecule has 0 saturated carbocycles. The summed E-state index contributed by atoms with van der Waals surface area (Å²) in [7, 11) is -3.21. The first-order chi connectivity index (χ1) is 9.68. The van der Waals surface area contributed by atoms with Gasteiger partial charge in [0.05, 0.1) is 0 Å². The van der Waals surface area contributed by atoms with E-state index in [4.69, 9.17) is 0 Å². The minimum atomic E-state index is -3.21. The number of hydrogen-bond acceptors (Lipinski definition) is 3. The lowest BCUT2D eigenvalue weighted by atomic mass is 9.91. The molecule has 2 unspecified atom stereocenters. The zero-order valence-electron chi connectivity index (χ0n) is 12.3. The summed E-state index contributed by atoms with van der Waals surface area (Å²) in [5.74, 6) is 0.505. The Balaban J connectivity index is 1.65. The van der Waals surface area contributed by atoms with Crippen LogP contribution in [0.1, 0.15) is 44.9 Å². The molecule has 3 aliphatic heterocycles. The molecule has 2 atom stereocenters. The van der Waals surface area contributed by atoms with E-state index >= 15 is 0 Å². The third kappa shape index (κ3) is 3.03. The monoisotopic (exact) mass is 301 g/mol. The van der Waals surface area contributed by atoms with E-state index in [2.05, 4.69) is 5.32 Å². The molecule has 0 aromatic heterocycles. The van der Waals surface area contributed by atoms with Gasteiger partial charge in [0, 0.05) is 32.2 Å². The van der Waals surface area contributed by atoms with Crippen LogP contribution < -0.4 is 5.32 Å². The standard InChI is InChI=1S/C14H27N3O2S/c18-20(19,16-9-2-1-3-10-16)17-11-5-6-13(12-17)14-7-4-8-15-14/h13-15H,1-12H2. The van der Waals surface area contributed by atoms with Crippen molar-refractivity contribution in [3.63, 3.8) is 0 Å². The fourth-order valence-corrected chi connectivity index (χ4v) is 5.67. The van der Waals surface area contributed by atoms with E-state index in [9.17, 15) is 8.42 Å². The van der Waals surface area contributed by atoms with Crippen LogP contribution in [0.2, 0.25) is 0 Å². The topological polar surface area (TPSA) is 52.7 Å². The van der Waals surface area contributed by atoms with Crippen molar-refractivity contribution in [2.24, 2.45) is 5.92 Å². The highest BCUT2D eigenvalue weighted by Gasteiger charge is 2.36. The molecule has 1 N–H and O–H groups in total. The highest BCUT2D eigenvalue weighted by molar-refractivity contribution is 7.86. The van der Waals surface area contributed by atoms with Crippen molar-refractivity contribution >= 4 is 10.2 Å². The molecule has 5 nitrogen and oxygen atoms in total. The second-order valence-electron chi connectivity index (χ2n) is 6.43. The van der Waals surface area contributed by atoms with Crippen LogP contribution in [-0.4, -0.2) is 55.8 Å². The van der Waals surface area contributed by atoms with Gasteiger partial charge >= 0.3 is 0 Å². The van der Waals surface area contributed by atoms with Gasteiger partial charge in [-0.05, 0) is 51.0 Å². The summed E-state index contributed by atoms with van der Waals surface area (Å²) in [4.78, 5) is 0. The maximum atomic E-state index is 12.7. The van der Waals surface area contributed by atoms with Gasteiger partial charge in [-0.3, -0.25) is 0 Å². The van der Waals surface area contributed by atoms with Gasteiger partial charge in [0.25, 0.3) is 10.2 Å². The molecular weight excluding hydrogens is 274 g/mol. The number of rotatable bonds is 3. The fraction of sp³-hybridized carbons (Fsp3) is 1.00. The lowest BCUT2D eigenvalue weighted by molar-refractivity contribution is 0.209. The molecule has 20 heavy (non-hydrogen) atoms. The normalized spacial score (nSPS) is 34.4. The second kappa shape index (κ2) is 6.30. The first kappa shape index (κ1) is 14.8. The van der Waals surface area contributed by atoms with Crippen LogP contribution in [0.5, 0.6) is 0 Å². The molecule has 0 aromatic rings. The Morgan fingerprint density at radius 2 is 1.60 bits per heavy atom. The largest absolute Gasteiger partial charge is 0.314 e. The summed E-state index contributed by atoms with van der Waals surface area (Å²) in [5, 5.41) is 3.54. The van der Waals surface area contributed by atoms with E-state index in [1.54, 1.807) is 8.61 Å². The van der Waals surface area contributed by atoms with Crippen molar-refractivity contribution in [1.29, 1.82) is 0 Å². The van der Waals surface area contributed by atoms with Crippen LogP contribution in [0.3, 0.4) is 0 Å². The quantitative estimate of drug-likeness (QED) is 0.852. The Kier molecular flexibility index (Phi) is 4.65. The number of piperidine rings is 2. The minimum absolute atomic E-state index is 0.505. The molecule has 3 heterocycles. The molecule has 3 saturated heterocycles. The number of hydrogen-bond donors (Lipinski definition) is 1. The molecule has 0 spiro atoms. The van der Waals surface area contributed by atoms with Crippen LogP contribution in [0.4, 0.5) is 0 Å². The van der Waals surface area contributed by atoms with Gasteiger partial charge in [-0.1, -0.05) is 6.42 Å². The summed E-state index contributed by atoms with van der Waals surface area (Å²) in [5.41, 5.74) is 0. The van der Waals surface area contributed by atoms with E-state index < -0.39 is 10.2 Å². The molecule has 3 fully saturated rings. The van der Waals surface area contributed by atoms with Gasteiger partial charge < -0.3 is 5.32 Å². The predicted molar refractivity (Wildman–Crippen MR) is 79.7 cm³/mol. The third-order valence-corrected chi connectivity index (χ3v) is 7.06. The predicted octanol–water partition coefficient (Wildman–Crippen LogP) is 1.18. The Morgan fingerprint density at radius 1 is 0.850 bits per heavy atom. The lowest BCUT2D eigenvalue weighted by Crippen LogP contribution is -2.51.